The van der Waals surface area contributed by atoms with Gasteiger partial charge < -0.3 is 14.8 Å². The van der Waals surface area contributed by atoms with Crippen molar-refractivity contribution < 1.29 is 9.52 Å². The summed E-state index contributed by atoms with van der Waals surface area (Å²) in [4.78, 5) is 0. The molecule has 2 rings (SSSR count). The molecule has 0 aliphatic carbocycles. The molecule has 0 aliphatic rings. The smallest absolute Gasteiger partial charge is 0.134 e. The summed E-state index contributed by atoms with van der Waals surface area (Å²) in [5.74, 6) is 1.80. The van der Waals surface area contributed by atoms with Crippen LogP contribution < -0.4 is 5.32 Å². The molecule has 3 nitrogen and oxygen atoms in total. The van der Waals surface area contributed by atoms with Crippen LogP contribution in [0.15, 0.2) is 40.8 Å². The quantitative estimate of drug-likeness (QED) is 0.755. The molecule has 1 atom stereocenters. The standard InChI is InChI=1S/C21H31NO2/c1-15(23)16-7-9-17(10-8-16)19-12-11-18(24-19)13-22-21(5,6)14-20(2,3)4/h7-12,15,22-23H,13-14H2,1-6H3. The molecule has 0 aliphatic heterocycles. The lowest BCUT2D eigenvalue weighted by Crippen LogP contribution is -2.41. The minimum absolute atomic E-state index is 0.0596. The molecule has 0 amide bonds. The Labute approximate surface area is 146 Å². The van der Waals surface area contributed by atoms with Gasteiger partial charge in [-0.15, -0.1) is 0 Å². The molecule has 0 saturated carbocycles. The Morgan fingerprint density at radius 1 is 1.00 bits per heavy atom. The summed E-state index contributed by atoms with van der Waals surface area (Å²) in [6.07, 6.45) is 0.648. The zero-order valence-corrected chi connectivity index (χ0v) is 15.8. The molecule has 0 saturated heterocycles. The van der Waals surface area contributed by atoms with E-state index in [1.807, 2.05) is 36.4 Å². The normalized spacial score (nSPS) is 14.0. The highest BCUT2D eigenvalue weighted by atomic mass is 16.3. The fraction of sp³-hybridized carbons (Fsp3) is 0.524. The number of aliphatic hydroxyl groups excluding tert-OH is 1. The number of furan rings is 1. The monoisotopic (exact) mass is 329 g/mol. The number of hydrogen-bond acceptors (Lipinski definition) is 3. The molecule has 0 bridgehead atoms. The summed E-state index contributed by atoms with van der Waals surface area (Å²) < 4.78 is 5.97. The number of rotatable bonds is 6. The molecular weight excluding hydrogens is 298 g/mol. The predicted molar refractivity (Wildman–Crippen MR) is 99.8 cm³/mol. The molecule has 1 aromatic carbocycles. The minimum Gasteiger partial charge on any atom is -0.460 e. The second-order valence-corrected chi connectivity index (χ2v) is 8.54. The third-order valence-corrected chi connectivity index (χ3v) is 4.05. The van der Waals surface area contributed by atoms with Crippen molar-refractivity contribution in [2.45, 2.75) is 66.2 Å². The average Bonchev–Trinajstić information content (AvgIpc) is 2.92. The van der Waals surface area contributed by atoms with Crippen molar-refractivity contribution in [2.24, 2.45) is 5.41 Å². The highest BCUT2D eigenvalue weighted by molar-refractivity contribution is 5.58. The van der Waals surface area contributed by atoms with Gasteiger partial charge >= 0.3 is 0 Å². The van der Waals surface area contributed by atoms with Gasteiger partial charge in [-0.05, 0) is 50.3 Å². The second-order valence-electron chi connectivity index (χ2n) is 8.54. The van der Waals surface area contributed by atoms with Gasteiger partial charge in [-0.3, -0.25) is 0 Å². The Morgan fingerprint density at radius 2 is 1.62 bits per heavy atom. The highest BCUT2D eigenvalue weighted by Gasteiger charge is 2.25. The molecule has 132 valence electrons. The lowest BCUT2D eigenvalue weighted by molar-refractivity contribution is 0.199. The average molecular weight is 329 g/mol. The maximum Gasteiger partial charge on any atom is 0.134 e. The van der Waals surface area contributed by atoms with Gasteiger partial charge in [0.1, 0.15) is 11.5 Å². The lowest BCUT2D eigenvalue weighted by atomic mass is 9.82. The SMILES string of the molecule is CC(O)c1ccc(-c2ccc(CNC(C)(C)CC(C)(C)C)o2)cc1. The summed E-state index contributed by atoms with van der Waals surface area (Å²) >= 11 is 0. The Morgan fingerprint density at radius 3 is 2.17 bits per heavy atom. The van der Waals surface area contributed by atoms with Gasteiger partial charge in [0.25, 0.3) is 0 Å². The maximum absolute atomic E-state index is 9.58. The van der Waals surface area contributed by atoms with Crippen molar-refractivity contribution >= 4 is 0 Å². The summed E-state index contributed by atoms with van der Waals surface area (Å²) in [7, 11) is 0. The summed E-state index contributed by atoms with van der Waals surface area (Å²) in [5, 5.41) is 13.2. The van der Waals surface area contributed by atoms with Crippen molar-refractivity contribution in [3.8, 4) is 11.3 Å². The van der Waals surface area contributed by atoms with E-state index in [9.17, 15) is 5.11 Å². The molecule has 1 unspecified atom stereocenters. The fourth-order valence-electron chi connectivity index (χ4n) is 3.27. The molecule has 1 aromatic heterocycles. The molecular formula is C21H31NO2. The van der Waals surface area contributed by atoms with Gasteiger partial charge in [0.15, 0.2) is 0 Å². The maximum atomic E-state index is 9.58. The van der Waals surface area contributed by atoms with Crippen LogP contribution in [-0.2, 0) is 6.54 Å². The first kappa shape index (κ1) is 18.8. The van der Waals surface area contributed by atoms with Gasteiger partial charge in [0.2, 0.25) is 0 Å². The van der Waals surface area contributed by atoms with Gasteiger partial charge in [-0.1, -0.05) is 45.0 Å². The van der Waals surface area contributed by atoms with Gasteiger partial charge in [-0.25, -0.2) is 0 Å². The van der Waals surface area contributed by atoms with Crippen LogP contribution in [0, 0.1) is 5.41 Å². The van der Waals surface area contributed by atoms with Crippen molar-refractivity contribution in [2.75, 3.05) is 0 Å². The summed E-state index contributed by atoms with van der Waals surface area (Å²) in [6, 6.07) is 11.9. The molecule has 0 radical (unpaired) electrons. The van der Waals surface area contributed by atoms with Gasteiger partial charge in [0.05, 0.1) is 12.6 Å². The Hall–Kier alpha value is -1.58. The van der Waals surface area contributed by atoms with Gasteiger partial charge in [0, 0.05) is 11.1 Å². The van der Waals surface area contributed by atoms with E-state index in [-0.39, 0.29) is 11.0 Å². The second kappa shape index (κ2) is 7.12. The van der Waals surface area contributed by atoms with E-state index in [1.165, 1.54) is 0 Å². The van der Waals surface area contributed by atoms with Crippen molar-refractivity contribution in [1.29, 1.82) is 0 Å². The van der Waals surface area contributed by atoms with Crippen LogP contribution in [0.5, 0.6) is 0 Å². The van der Waals surface area contributed by atoms with Crippen LogP contribution in [0.25, 0.3) is 11.3 Å². The molecule has 2 aromatic rings. The fourth-order valence-corrected chi connectivity index (χ4v) is 3.27. The molecule has 0 spiro atoms. The van der Waals surface area contributed by atoms with Crippen LogP contribution in [0.3, 0.4) is 0 Å². The number of aliphatic hydroxyl groups is 1. The van der Waals surface area contributed by atoms with E-state index < -0.39 is 6.10 Å². The lowest BCUT2D eigenvalue weighted by Gasteiger charge is -2.33. The van der Waals surface area contributed by atoms with Crippen molar-refractivity contribution in [3.05, 3.63) is 47.7 Å². The Balaban J connectivity index is 2.00. The van der Waals surface area contributed by atoms with Crippen LogP contribution >= 0.6 is 0 Å². The molecule has 2 N–H and O–H groups in total. The van der Waals surface area contributed by atoms with E-state index in [4.69, 9.17) is 4.42 Å². The topological polar surface area (TPSA) is 45.4 Å². The van der Waals surface area contributed by atoms with Crippen LogP contribution in [-0.4, -0.2) is 10.6 Å². The van der Waals surface area contributed by atoms with Crippen LogP contribution in [0.4, 0.5) is 0 Å². The zero-order chi connectivity index (χ0) is 18.0. The predicted octanol–water partition coefficient (Wildman–Crippen LogP) is 5.30. The van der Waals surface area contributed by atoms with E-state index in [0.29, 0.717) is 0 Å². The third-order valence-electron chi connectivity index (χ3n) is 4.05. The first-order valence-corrected chi connectivity index (χ1v) is 8.68. The van der Waals surface area contributed by atoms with Gasteiger partial charge in [-0.2, -0.15) is 0 Å². The van der Waals surface area contributed by atoms with E-state index >= 15 is 0 Å². The first-order valence-electron chi connectivity index (χ1n) is 8.68. The summed E-state index contributed by atoms with van der Waals surface area (Å²) in [6.45, 7) is 13.7. The molecule has 24 heavy (non-hydrogen) atoms. The minimum atomic E-state index is -0.444. The molecule has 1 heterocycles. The molecule has 0 fully saturated rings. The Bertz CT molecular complexity index is 645. The molecule has 3 heteroatoms. The van der Waals surface area contributed by atoms with E-state index in [0.717, 1.165) is 35.6 Å². The summed E-state index contributed by atoms with van der Waals surface area (Å²) in [5.41, 5.74) is 2.29. The third kappa shape index (κ3) is 5.50. The number of benzene rings is 1. The number of nitrogens with one attached hydrogen (secondary N) is 1. The van der Waals surface area contributed by atoms with Crippen LogP contribution in [0.2, 0.25) is 0 Å². The zero-order valence-electron chi connectivity index (χ0n) is 15.8. The number of hydrogen-bond donors (Lipinski definition) is 2. The van der Waals surface area contributed by atoms with Crippen molar-refractivity contribution in [1.82, 2.24) is 5.32 Å². The van der Waals surface area contributed by atoms with Crippen LogP contribution in [0.1, 0.15) is 65.4 Å². The first-order chi connectivity index (χ1) is 11.1. The van der Waals surface area contributed by atoms with E-state index in [1.54, 1.807) is 6.92 Å². The van der Waals surface area contributed by atoms with E-state index in [2.05, 4.69) is 39.9 Å². The highest BCUT2D eigenvalue weighted by Crippen LogP contribution is 2.28. The Kier molecular flexibility index (Phi) is 5.56. The largest absolute Gasteiger partial charge is 0.460 e. The van der Waals surface area contributed by atoms with Crippen molar-refractivity contribution in [3.63, 3.8) is 0 Å².